The molecule has 1 saturated carbocycles. The molecule has 1 aromatic rings. The van der Waals surface area contributed by atoms with Crippen molar-refractivity contribution in [3.05, 3.63) is 24.3 Å². The first kappa shape index (κ1) is 15.3. The van der Waals surface area contributed by atoms with Crippen molar-refractivity contribution in [3.63, 3.8) is 0 Å². The van der Waals surface area contributed by atoms with E-state index in [4.69, 9.17) is 11.5 Å². The fourth-order valence-corrected chi connectivity index (χ4v) is 2.71. The summed E-state index contributed by atoms with van der Waals surface area (Å²) in [6.45, 7) is 0. The van der Waals surface area contributed by atoms with E-state index in [1.54, 1.807) is 24.3 Å². The molecule has 2 atom stereocenters. The summed E-state index contributed by atoms with van der Waals surface area (Å²) in [5, 5.41) is 5.35. The summed E-state index contributed by atoms with van der Waals surface area (Å²) in [5.74, 6) is -0.208. The quantitative estimate of drug-likeness (QED) is 0.639. The average molecular weight is 290 g/mol. The van der Waals surface area contributed by atoms with Gasteiger partial charge in [-0.05, 0) is 31.0 Å². The molecule has 0 spiro atoms. The zero-order valence-electron chi connectivity index (χ0n) is 12.0. The maximum Gasteiger partial charge on any atom is 0.316 e. The number of anilines is 2. The van der Waals surface area contributed by atoms with Crippen LogP contribution in [0.5, 0.6) is 0 Å². The van der Waals surface area contributed by atoms with Crippen LogP contribution in [0.1, 0.15) is 32.1 Å². The molecule has 0 radical (unpaired) electrons. The van der Waals surface area contributed by atoms with Crippen molar-refractivity contribution in [2.45, 2.75) is 38.1 Å². The van der Waals surface area contributed by atoms with Crippen LogP contribution in [0.3, 0.4) is 0 Å². The molecular formula is C15H22N4O2. The van der Waals surface area contributed by atoms with Crippen LogP contribution in [0.2, 0.25) is 0 Å². The molecule has 21 heavy (non-hydrogen) atoms. The van der Waals surface area contributed by atoms with E-state index in [0.29, 0.717) is 11.4 Å². The van der Waals surface area contributed by atoms with Gasteiger partial charge in [0, 0.05) is 17.4 Å². The average Bonchev–Trinajstić information content (AvgIpc) is 2.63. The third-order valence-corrected chi connectivity index (χ3v) is 3.80. The second-order valence-corrected chi connectivity index (χ2v) is 5.47. The first-order valence-electron chi connectivity index (χ1n) is 7.29. The normalized spacial score (nSPS) is 22.1. The number of benzene rings is 1. The number of carbonyl (C=O) groups excluding carboxylic acids is 2. The highest BCUT2D eigenvalue weighted by Crippen LogP contribution is 2.24. The molecule has 0 aliphatic heterocycles. The highest BCUT2D eigenvalue weighted by molar-refractivity contribution is 5.94. The summed E-state index contributed by atoms with van der Waals surface area (Å²) < 4.78 is 0. The molecule has 1 aliphatic carbocycles. The first-order chi connectivity index (χ1) is 10.1. The molecule has 1 aliphatic rings. The maximum absolute atomic E-state index is 12.4. The molecule has 0 bridgehead atoms. The Bertz CT molecular complexity index is 518. The first-order valence-corrected chi connectivity index (χ1v) is 7.29. The Morgan fingerprint density at radius 3 is 2.43 bits per heavy atom. The lowest BCUT2D eigenvalue weighted by Gasteiger charge is -2.20. The van der Waals surface area contributed by atoms with Gasteiger partial charge in [-0.1, -0.05) is 25.3 Å². The van der Waals surface area contributed by atoms with Crippen LogP contribution >= 0.6 is 0 Å². The molecule has 0 heterocycles. The van der Waals surface area contributed by atoms with Crippen molar-refractivity contribution < 1.29 is 9.59 Å². The molecule has 1 aromatic carbocycles. The van der Waals surface area contributed by atoms with Crippen LogP contribution in [0.25, 0.3) is 0 Å². The summed E-state index contributed by atoms with van der Waals surface area (Å²) in [4.78, 5) is 23.2. The molecule has 1 fully saturated rings. The third-order valence-electron chi connectivity index (χ3n) is 3.80. The minimum Gasteiger partial charge on any atom is -0.351 e. The minimum absolute atomic E-state index is 0.0550. The van der Waals surface area contributed by atoms with Crippen molar-refractivity contribution >= 4 is 23.3 Å². The Balaban J connectivity index is 2.02. The van der Waals surface area contributed by atoms with Gasteiger partial charge in [0.1, 0.15) is 0 Å². The van der Waals surface area contributed by atoms with E-state index in [-0.39, 0.29) is 17.9 Å². The predicted molar refractivity (Wildman–Crippen MR) is 82.8 cm³/mol. The number of urea groups is 1. The van der Waals surface area contributed by atoms with Crippen LogP contribution in [0, 0.1) is 5.92 Å². The molecule has 2 unspecified atom stereocenters. The van der Waals surface area contributed by atoms with Crippen molar-refractivity contribution in [1.82, 2.24) is 0 Å². The second-order valence-electron chi connectivity index (χ2n) is 5.47. The Hall–Kier alpha value is -2.08. The maximum atomic E-state index is 12.4. The van der Waals surface area contributed by atoms with Gasteiger partial charge < -0.3 is 22.1 Å². The summed E-state index contributed by atoms with van der Waals surface area (Å²) in [7, 11) is 0. The van der Waals surface area contributed by atoms with Crippen LogP contribution in [0.15, 0.2) is 24.3 Å². The largest absolute Gasteiger partial charge is 0.351 e. The predicted octanol–water partition coefficient (Wildman–Crippen LogP) is 2.02. The highest BCUT2D eigenvalue weighted by atomic mass is 16.2. The molecule has 6 nitrogen and oxygen atoms in total. The number of amides is 3. The van der Waals surface area contributed by atoms with Gasteiger partial charge in [0.2, 0.25) is 5.91 Å². The number of nitrogens with two attached hydrogens (primary N) is 2. The number of primary amides is 1. The fraction of sp³-hybridized carbons (Fsp3) is 0.467. The molecule has 3 amide bonds. The monoisotopic (exact) mass is 290 g/mol. The SMILES string of the molecule is NC(=O)Nc1cccc(NC(=O)C2CCCCCC2N)c1. The number of carbonyl (C=O) groups is 2. The van der Waals surface area contributed by atoms with Gasteiger partial charge in [0.25, 0.3) is 0 Å². The Kier molecular flexibility index (Phi) is 5.16. The minimum atomic E-state index is -0.635. The number of hydrogen-bond donors (Lipinski definition) is 4. The van der Waals surface area contributed by atoms with Gasteiger partial charge in [-0.3, -0.25) is 4.79 Å². The van der Waals surface area contributed by atoms with Crippen LogP contribution in [-0.2, 0) is 4.79 Å². The van der Waals surface area contributed by atoms with E-state index >= 15 is 0 Å². The molecule has 114 valence electrons. The zero-order chi connectivity index (χ0) is 15.2. The Morgan fingerprint density at radius 2 is 1.71 bits per heavy atom. The lowest BCUT2D eigenvalue weighted by Crippen LogP contribution is -2.37. The summed E-state index contributed by atoms with van der Waals surface area (Å²) in [6.07, 6.45) is 4.97. The molecule has 0 saturated heterocycles. The van der Waals surface area contributed by atoms with E-state index in [2.05, 4.69) is 10.6 Å². The van der Waals surface area contributed by atoms with Crippen LogP contribution < -0.4 is 22.1 Å². The van der Waals surface area contributed by atoms with E-state index in [1.807, 2.05) is 0 Å². The lowest BCUT2D eigenvalue weighted by atomic mass is 9.94. The molecule has 2 rings (SSSR count). The van der Waals surface area contributed by atoms with Crippen molar-refractivity contribution in [3.8, 4) is 0 Å². The Labute approximate surface area is 124 Å². The standard InChI is InChI=1S/C15H22N4O2/c16-13-8-3-1-2-7-12(13)14(20)18-10-5-4-6-11(9-10)19-15(17)21/h4-6,9,12-13H,1-3,7-8,16H2,(H,18,20)(H3,17,19,21). The van der Waals surface area contributed by atoms with E-state index in [0.717, 1.165) is 32.1 Å². The fourth-order valence-electron chi connectivity index (χ4n) is 2.71. The Morgan fingerprint density at radius 1 is 1.05 bits per heavy atom. The van der Waals surface area contributed by atoms with E-state index in [1.165, 1.54) is 0 Å². The summed E-state index contributed by atoms with van der Waals surface area (Å²) in [5.41, 5.74) is 12.3. The van der Waals surface area contributed by atoms with E-state index in [9.17, 15) is 9.59 Å². The van der Waals surface area contributed by atoms with Crippen molar-refractivity contribution in [1.29, 1.82) is 0 Å². The van der Waals surface area contributed by atoms with Crippen LogP contribution in [0.4, 0.5) is 16.2 Å². The molecule has 0 aromatic heterocycles. The number of nitrogens with one attached hydrogen (secondary N) is 2. The van der Waals surface area contributed by atoms with Crippen LogP contribution in [-0.4, -0.2) is 18.0 Å². The van der Waals surface area contributed by atoms with Gasteiger partial charge >= 0.3 is 6.03 Å². The lowest BCUT2D eigenvalue weighted by molar-refractivity contribution is -0.120. The highest BCUT2D eigenvalue weighted by Gasteiger charge is 2.26. The van der Waals surface area contributed by atoms with Crippen molar-refractivity contribution in [2.75, 3.05) is 10.6 Å². The smallest absolute Gasteiger partial charge is 0.316 e. The van der Waals surface area contributed by atoms with Gasteiger partial charge in [-0.15, -0.1) is 0 Å². The second kappa shape index (κ2) is 7.08. The summed E-state index contributed by atoms with van der Waals surface area (Å²) >= 11 is 0. The molecule has 6 N–H and O–H groups in total. The topological polar surface area (TPSA) is 110 Å². The van der Waals surface area contributed by atoms with Gasteiger partial charge in [-0.2, -0.15) is 0 Å². The van der Waals surface area contributed by atoms with Crippen molar-refractivity contribution in [2.24, 2.45) is 17.4 Å². The molecule has 6 heteroatoms. The summed E-state index contributed by atoms with van der Waals surface area (Å²) in [6, 6.07) is 6.17. The van der Waals surface area contributed by atoms with E-state index < -0.39 is 6.03 Å². The zero-order valence-corrected chi connectivity index (χ0v) is 12.0. The molecular weight excluding hydrogens is 268 g/mol. The number of rotatable bonds is 3. The van der Waals surface area contributed by atoms with Gasteiger partial charge in [0.15, 0.2) is 0 Å². The van der Waals surface area contributed by atoms with Gasteiger partial charge in [-0.25, -0.2) is 4.79 Å². The number of hydrogen-bond acceptors (Lipinski definition) is 3. The third kappa shape index (κ3) is 4.46. The van der Waals surface area contributed by atoms with Gasteiger partial charge in [0.05, 0.1) is 5.92 Å².